The van der Waals surface area contributed by atoms with Crippen molar-refractivity contribution in [2.24, 2.45) is 5.92 Å². The average Bonchev–Trinajstić information content (AvgIpc) is 3.27. The summed E-state index contributed by atoms with van der Waals surface area (Å²) in [5, 5.41) is 4.34. The molecular formula is C22H20ClFN8O. The lowest BCUT2D eigenvalue weighted by atomic mass is 9.97. The normalized spacial score (nSPS) is 16.2. The molecule has 1 aliphatic heterocycles. The Hall–Kier alpha value is -3.66. The number of anilines is 1. The predicted octanol–water partition coefficient (Wildman–Crippen LogP) is 3.57. The summed E-state index contributed by atoms with van der Waals surface area (Å²) in [6.45, 7) is 1.68. The summed E-state index contributed by atoms with van der Waals surface area (Å²) in [7, 11) is 0. The number of fused-ring (bicyclic) bond motifs is 1. The van der Waals surface area contributed by atoms with Crippen LogP contribution in [0.15, 0.2) is 43.2 Å². The first kappa shape index (κ1) is 21.2. The van der Waals surface area contributed by atoms with E-state index in [0.717, 1.165) is 24.4 Å². The molecule has 4 aromatic heterocycles. The van der Waals surface area contributed by atoms with Crippen LogP contribution < -0.4 is 5.32 Å². The van der Waals surface area contributed by atoms with E-state index in [2.05, 4.69) is 35.2 Å². The fourth-order valence-corrected chi connectivity index (χ4v) is 4.17. The van der Waals surface area contributed by atoms with Crippen LogP contribution in [0.2, 0.25) is 5.02 Å². The van der Waals surface area contributed by atoms with Gasteiger partial charge in [-0.05, 0) is 24.8 Å². The Kier molecular flexibility index (Phi) is 5.82. The van der Waals surface area contributed by atoms with E-state index in [1.165, 1.54) is 18.6 Å². The quantitative estimate of drug-likeness (QED) is 0.462. The molecule has 1 atom stereocenters. The average molecular weight is 467 g/mol. The Bertz CT molecular complexity index is 1300. The number of H-pyrrole nitrogens is 1. The number of nitrogens with one attached hydrogen (secondary N) is 2. The van der Waals surface area contributed by atoms with Gasteiger partial charge in [-0.1, -0.05) is 11.6 Å². The lowest BCUT2D eigenvalue weighted by molar-refractivity contribution is 0.0673. The highest BCUT2D eigenvalue weighted by molar-refractivity contribution is 6.31. The van der Waals surface area contributed by atoms with Crippen molar-refractivity contribution in [2.75, 3.05) is 25.0 Å². The number of hydrogen-bond donors (Lipinski definition) is 2. The van der Waals surface area contributed by atoms with Crippen LogP contribution in [-0.4, -0.2) is 60.3 Å². The zero-order valence-electron chi connectivity index (χ0n) is 17.5. The van der Waals surface area contributed by atoms with Gasteiger partial charge in [-0.15, -0.1) is 0 Å². The maximum Gasteiger partial charge on any atom is 0.274 e. The van der Waals surface area contributed by atoms with Gasteiger partial charge in [0.1, 0.15) is 11.3 Å². The van der Waals surface area contributed by atoms with Crippen LogP contribution in [-0.2, 0) is 0 Å². The number of aromatic amines is 1. The number of aromatic nitrogens is 6. The minimum atomic E-state index is -0.543. The molecule has 1 saturated heterocycles. The van der Waals surface area contributed by atoms with Gasteiger partial charge in [0.15, 0.2) is 17.5 Å². The van der Waals surface area contributed by atoms with Gasteiger partial charge in [0, 0.05) is 55.4 Å². The zero-order valence-corrected chi connectivity index (χ0v) is 18.3. The topological polar surface area (TPSA) is 113 Å². The van der Waals surface area contributed by atoms with Gasteiger partial charge in [0.2, 0.25) is 0 Å². The number of piperidine rings is 1. The molecule has 0 bridgehead atoms. The van der Waals surface area contributed by atoms with Crippen molar-refractivity contribution in [1.29, 1.82) is 0 Å². The van der Waals surface area contributed by atoms with Gasteiger partial charge in [-0.3, -0.25) is 9.78 Å². The first-order valence-electron chi connectivity index (χ1n) is 10.5. The molecule has 0 aromatic carbocycles. The Labute approximate surface area is 193 Å². The summed E-state index contributed by atoms with van der Waals surface area (Å²) in [5.41, 5.74) is 1.65. The summed E-state index contributed by atoms with van der Waals surface area (Å²) < 4.78 is 14.5. The highest BCUT2D eigenvalue weighted by Crippen LogP contribution is 2.28. The smallest absolute Gasteiger partial charge is 0.274 e. The van der Waals surface area contributed by atoms with E-state index in [9.17, 15) is 9.18 Å². The van der Waals surface area contributed by atoms with Crippen LogP contribution in [0.5, 0.6) is 0 Å². The number of halogens is 2. The molecule has 5 heterocycles. The van der Waals surface area contributed by atoms with Gasteiger partial charge in [0.25, 0.3) is 5.91 Å². The monoisotopic (exact) mass is 466 g/mol. The van der Waals surface area contributed by atoms with Crippen molar-refractivity contribution >= 4 is 34.4 Å². The summed E-state index contributed by atoms with van der Waals surface area (Å²) in [4.78, 5) is 38.3. The maximum absolute atomic E-state index is 14.5. The number of likely N-dealkylation sites (tertiary alicyclic amines) is 1. The third kappa shape index (κ3) is 4.47. The first-order valence-corrected chi connectivity index (χ1v) is 10.9. The lowest BCUT2D eigenvalue weighted by Gasteiger charge is -2.32. The van der Waals surface area contributed by atoms with Crippen LogP contribution >= 0.6 is 11.6 Å². The van der Waals surface area contributed by atoms with Crippen LogP contribution in [0.4, 0.5) is 10.2 Å². The van der Waals surface area contributed by atoms with Gasteiger partial charge in [0.05, 0.1) is 17.4 Å². The second-order valence-electron chi connectivity index (χ2n) is 7.87. The van der Waals surface area contributed by atoms with Crippen molar-refractivity contribution < 1.29 is 9.18 Å². The molecule has 1 amide bonds. The number of amides is 1. The highest BCUT2D eigenvalue weighted by atomic mass is 35.5. The van der Waals surface area contributed by atoms with Crippen molar-refractivity contribution in [3.8, 4) is 11.4 Å². The third-order valence-corrected chi connectivity index (χ3v) is 5.84. The molecule has 2 N–H and O–H groups in total. The molecule has 0 unspecified atom stereocenters. The standard InChI is InChI=1S/C22H20ClFN8O/c23-14-6-15-16(9-29-19(15)28-8-14)20-30-10-17(24)21(31-20)27-7-13-2-1-5-32(12-13)22(33)18-11-25-3-4-26-18/h3-4,6,8-11,13H,1-2,5,7,12H2,(H,28,29)(H,27,30,31)/t13-/m1/s1. The Morgan fingerprint density at radius 3 is 3.00 bits per heavy atom. The summed E-state index contributed by atoms with van der Waals surface area (Å²) in [6, 6.07) is 1.76. The largest absolute Gasteiger partial charge is 0.367 e. The molecule has 33 heavy (non-hydrogen) atoms. The fourth-order valence-electron chi connectivity index (χ4n) is 4.01. The van der Waals surface area contributed by atoms with Crippen LogP contribution in [0, 0.1) is 11.7 Å². The highest BCUT2D eigenvalue weighted by Gasteiger charge is 2.25. The molecule has 4 aromatic rings. The fraction of sp³-hybridized carbons (Fsp3) is 0.273. The number of rotatable bonds is 5. The van der Waals surface area contributed by atoms with Gasteiger partial charge >= 0.3 is 0 Å². The first-order chi connectivity index (χ1) is 16.1. The van der Waals surface area contributed by atoms with Gasteiger partial charge < -0.3 is 15.2 Å². The Balaban J connectivity index is 1.30. The van der Waals surface area contributed by atoms with E-state index in [1.54, 1.807) is 23.4 Å². The van der Waals surface area contributed by atoms with Crippen LogP contribution in [0.3, 0.4) is 0 Å². The van der Waals surface area contributed by atoms with Crippen LogP contribution in [0.1, 0.15) is 23.3 Å². The van der Waals surface area contributed by atoms with E-state index >= 15 is 0 Å². The molecule has 0 radical (unpaired) electrons. The van der Waals surface area contributed by atoms with Crippen LogP contribution in [0.25, 0.3) is 22.4 Å². The predicted molar refractivity (Wildman–Crippen MR) is 121 cm³/mol. The molecule has 9 nitrogen and oxygen atoms in total. The summed E-state index contributed by atoms with van der Waals surface area (Å²) in [6.07, 6.45) is 10.7. The van der Waals surface area contributed by atoms with E-state index < -0.39 is 5.82 Å². The number of nitrogens with zero attached hydrogens (tertiary/aromatic N) is 6. The molecule has 1 aliphatic rings. The zero-order chi connectivity index (χ0) is 22.8. The second kappa shape index (κ2) is 9.07. The lowest BCUT2D eigenvalue weighted by Crippen LogP contribution is -2.42. The Morgan fingerprint density at radius 2 is 2.15 bits per heavy atom. The number of carbonyl (C=O) groups excluding carboxylic acids is 1. The van der Waals surface area contributed by atoms with E-state index in [0.29, 0.717) is 47.4 Å². The minimum absolute atomic E-state index is 0.113. The van der Waals surface area contributed by atoms with Gasteiger partial charge in [-0.2, -0.15) is 0 Å². The van der Waals surface area contributed by atoms with Crippen molar-refractivity contribution in [1.82, 2.24) is 34.8 Å². The molecule has 0 spiro atoms. The maximum atomic E-state index is 14.5. The summed E-state index contributed by atoms with van der Waals surface area (Å²) in [5.74, 6) is -0.0692. The number of hydrogen-bond acceptors (Lipinski definition) is 7. The molecule has 0 aliphatic carbocycles. The SMILES string of the molecule is O=C(c1cnccn1)N1CCC[C@H](CNc2nc(-c3c[nH]c4ncc(Cl)cc34)ncc2F)C1. The third-order valence-electron chi connectivity index (χ3n) is 5.63. The van der Waals surface area contributed by atoms with Crippen molar-refractivity contribution in [2.45, 2.75) is 12.8 Å². The molecule has 1 fully saturated rings. The molecule has 5 rings (SSSR count). The Morgan fingerprint density at radius 1 is 1.24 bits per heavy atom. The number of pyridine rings is 1. The summed E-state index contributed by atoms with van der Waals surface area (Å²) >= 11 is 6.08. The second-order valence-corrected chi connectivity index (χ2v) is 8.31. The van der Waals surface area contributed by atoms with E-state index in [-0.39, 0.29) is 17.6 Å². The number of carbonyl (C=O) groups is 1. The minimum Gasteiger partial charge on any atom is -0.367 e. The molecule has 11 heteroatoms. The van der Waals surface area contributed by atoms with Gasteiger partial charge in [-0.25, -0.2) is 24.3 Å². The van der Waals surface area contributed by atoms with E-state index in [1.807, 2.05) is 0 Å². The van der Waals surface area contributed by atoms with Crippen molar-refractivity contribution in [3.05, 3.63) is 59.8 Å². The van der Waals surface area contributed by atoms with E-state index in [4.69, 9.17) is 11.6 Å². The molecular weight excluding hydrogens is 447 g/mol. The molecule has 168 valence electrons. The molecule has 0 saturated carbocycles. The van der Waals surface area contributed by atoms with Crippen molar-refractivity contribution in [3.63, 3.8) is 0 Å².